The van der Waals surface area contributed by atoms with Crippen molar-refractivity contribution in [3.05, 3.63) is 34.9 Å². The molecule has 0 radical (unpaired) electrons. The Morgan fingerprint density at radius 1 is 1.29 bits per heavy atom. The number of aromatic nitrogens is 4. The van der Waals surface area contributed by atoms with E-state index in [1.165, 1.54) is 12.4 Å². The van der Waals surface area contributed by atoms with Gasteiger partial charge in [-0.25, -0.2) is 9.97 Å². The molecule has 0 aromatic carbocycles. The number of aromatic hydroxyl groups is 1. The highest BCUT2D eigenvalue weighted by atomic mass is 16.3. The third-order valence-corrected chi connectivity index (χ3v) is 1.51. The van der Waals surface area contributed by atoms with E-state index in [0.717, 1.165) is 6.07 Å². The van der Waals surface area contributed by atoms with E-state index in [0.29, 0.717) is 0 Å². The molecule has 0 saturated heterocycles. The summed E-state index contributed by atoms with van der Waals surface area (Å²) in [6.45, 7) is 0. The van der Waals surface area contributed by atoms with Crippen LogP contribution in [0.1, 0.15) is 0 Å². The smallest absolute Gasteiger partial charge is 0.255 e. The van der Waals surface area contributed by atoms with E-state index in [-0.39, 0.29) is 17.5 Å². The fourth-order valence-electron chi connectivity index (χ4n) is 0.972. The number of rotatable bonds is 1. The van der Waals surface area contributed by atoms with Crippen molar-refractivity contribution in [2.45, 2.75) is 0 Å². The largest absolute Gasteiger partial charge is 0.493 e. The van der Waals surface area contributed by atoms with Gasteiger partial charge in [0.25, 0.3) is 5.56 Å². The first kappa shape index (κ1) is 8.36. The van der Waals surface area contributed by atoms with Gasteiger partial charge < -0.3 is 10.1 Å². The maximum absolute atomic E-state index is 11.0. The molecule has 0 fully saturated rings. The van der Waals surface area contributed by atoms with Crippen LogP contribution in [0.5, 0.6) is 5.88 Å². The highest BCUT2D eigenvalue weighted by Gasteiger charge is 2.04. The molecule has 0 bridgehead atoms. The molecule has 0 aliphatic heterocycles. The minimum Gasteiger partial charge on any atom is -0.493 e. The van der Waals surface area contributed by atoms with E-state index < -0.39 is 5.56 Å². The van der Waals surface area contributed by atoms with Crippen LogP contribution in [0.15, 0.2) is 29.3 Å². The lowest BCUT2D eigenvalue weighted by Crippen LogP contribution is -2.07. The summed E-state index contributed by atoms with van der Waals surface area (Å²) < 4.78 is 0. The highest BCUT2D eigenvalue weighted by molar-refractivity contribution is 5.42. The predicted octanol–water partition coefficient (Wildman–Crippen LogP) is -0.0675. The summed E-state index contributed by atoms with van der Waals surface area (Å²) in [5.41, 5.74) is -0.444. The van der Waals surface area contributed by atoms with E-state index in [9.17, 15) is 4.79 Å². The predicted molar refractivity (Wildman–Crippen MR) is 47.5 cm³/mol. The van der Waals surface area contributed by atoms with Gasteiger partial charge in [-0.2, -0.15) is 4.98 Å². The maximum atomic E-state index is 11.0. The minimum absolute atomic E-state index is 0.149. The fourth-order valence-corrected chi connectivity index (χ4v) is 0.972. The van der Waals surface area contributed by atoms with Gasteiger partial charge in [0.15, 0.2) is 11.6 Å². The topological polar surface area (TPSA) is 91.8 Å². The Morgan fingerprint density at radius 2 is 2.00 bits per heavy atom. The van der Waals surface area contributed by atoms with Crippen LogP contribution in [0.3, 0.4) is 0 Å². The molecule has 6 heteroatoms. The normalized spacial score (nSPS) is 10.0. The van der Waals surface area contributed by atoms with Crippen LogP contribution in [0, 0.1) is 0 Å². The van der Waals surface area contributed by atoms with Crippen molar-refractivity contribution in [2.24, 2.45) is 0 Å². The number of H-pyrrole nitrogens is 1. The van der Waals surface area contributed by atoms with Crippen LogP contribution < -0.4 is 5.56 Å². The molecule has 70 valence electrons. The molecule has 0 spiro atoms. The van der Waals surface area contributed by atoms with Crippen LogP contribution in [-0.4, -0.2) is 25.0 Å². The third kappa shape index (κ3) is 1.58. The minimum atomic E-state index is -0.444. The Morgan fingerprint density at radius 3 is 2.64 bits per heavy atom. The van der Waals surface area contributed by atoms with Crippen LogP contribution in [0.25, 0.3) is 11.6 Å². The number of hydrogen-bond acceptors (Lipinski definition) is 5. The standard InChI is InChI=1S/C8H6N4O2/c13-5-4-6(14)12-8(11-5)7-9-2-1-3-10-7/h1-4H,(H2,11,12,13,14). The van der Waals surface area contributed by atoms with E-state index >= 15 is 0 Å². The molecule has 14 heavy (non-hydrogen) atoms. The molecule has 0 atom stereocenters. The summed E-state index contributed by atoms with van der Waals surface area (Å²) in [7, 11) is 0. The Balaban J connectivity index is 2.58. The maximum Gasteiger partial charge on any atom is 0.255 e. The van der Waals surface area contributed by atoms with Crippen molar-refractivity contribution in [3.63, 3.8) is 0 Å². The summed E-state index contributed by atoms with van der Waals surface area (Å²) in [5.74, 6) is 0.0623. The van der Waals surface area contributed by atoms with E-state index in [1.54, 1.807) is 6.07 Å². The number of hydrogen-bond donors (Lipinski definition) is 2. The van der Waals surface area contributed by atoms with Gasteiger partial charge in [-0.15, -0.1) is 0 Å². The second-order valence-electron chi connectivity index (χ2n) is 2.52. The van der Waals surface area contributed by atoms with Gasteiger partial charge in [0.1, 0.15) is 0 Å². The Labute approximate surface area is 78.3 Å². The molecule has 0 aliphatic carbocycles. The first-order valence-electron chi connectivity index (χ1n) is 3.83. The molecule has 2 N–H and O–H groups in total. The summed E-state index contributed by atoms with van der Waals surface area (Å²) in [4.78, 5) is 24.8. The second kappa shape index (κ2) is 3.25. The zero-order valence-corrected chi connectivity index (χ0v) is 7.01. The van der Waals surface area contributed by atoms with Gasteiger partial charge >= 0.3 is 0 Å². The van der Waals surface area contributed by atoms with Gasteiger partial charge in [-0.05, 0) is 6.07 Å². The molecule has 0 saturated carbocycles. The van der Waals surface area contributed by atoms with Gasteiger partial charge in [0.2, 0.25) is 5.88 Å². The quantitative estimate of drug-likeness (QED) is 0.656. The molecule has 2 aromatic rings. The zero-order valence-electron chi connectivity index (χ0n) is 7.01. The monoisotopic (exact) mass is 190 g/mol. The molecule has 2 aromatic heterocycles. The van der Waals surface area contributed by atoms with Gasteiger partial charge in [0, 0.05) is 12.4 Å². The molecule has 2 rings (SSSR count). The highest BCUT2D eigenvalue weighted by Crippen LogP contribution is 2.07. The van der Waals surface area contributed by atoms with Crippen LogP contribution in [0.4, 0.5) is 0 Å². The average molecular weight is 190 g/mol. The molecular weight excluding hydrogens is 184 g/mol. The molecule has 0 amide bonds. The zero-order chi connectivity index (χ0) is 9.97. The Bertz CT molecular complexity index is 494. The van der Waals surface area contributed by atoms with Gasteiger partial charge in [-0.1, -0.05) is 0 Å². The van der Waals surface area contributed by atoms with Crippen molar-refractivity contribution in [1.82, 2.24) is 19.9 Å². The lowest BCUT2D eigenvalue weighted by atomic mass is 10.5. The Kier molecular flexibility index (Phi) is 1.94. The summed E-state index contributed by atoms with van der Waals surface area (Å²) in [5, 5.41) is 9.07. The van der Waals surface area contributed by atoms with Gasteiger partial charge in [-0.3, -0.25) is 4.79 Å². The lowest BCUT2D eigenvalue weighted by Gasteiger charge is -1.97. The SMILES string of the molecule is O=c1cc(O)nc(-c2ncccn2)[nH]1. The summed E-state index contributed by atoms with van der Waals surface area (Å²) in [6.07, 6.45) is 3.04. The van der Waals surface area contributed by atoms with Crippen LogP contribution in [-0.2, 0) is 0 Å². The van der Waals surface area contributed by atoms with E-state index in [2.05, 4.69) is 19.9 Å². The third-order valence-electron chi connectivity index (χ3n) is 1.51. The Hall–Kier alpha value is -2.24. The van der Waals surface area contributed by atoms with Crippen molar-refractivity contribution in [1.29, 1.82) is 0 Å². The molecule has 6 nitrogen and oxygen atoms in total. The summed E-state index contributed by atoms with van der Waals surface area (Å²) >= 11 is 0. The average Bonchev–Trinajstić information content (AvgIpc) is 2.18. The number of nitrogens with one attached hydrogen (secondary N) is 1. The molecule has 2 heterocycles. The van der Waals surface area contributed by atoms with Crippen molar-refractivity contribution in [2.75, 3.05) is 0 Å². The second-order valence-corrected chi connectivity index (χ2v) is 2.52. The van der Waals surface area contributed by atoms with Crippen molar-refractivity contribution < 1.29 is 5.11 Å². The van der Waals surface area contributed by atoms with E-state index in [4.69, 9.17) is 5.11 Å². The molecular formula is C8H6N4O2. The number of aromatic amines is 1. The fraction of sp³-hybridized carbons (Fsp3) is 0. The van der Waals surface area contributed by atoms with Crippen LogP contribution in [0.2, 0.25) is 0 Å². The van der Waals surface area contributed by atoms with Crippen molar-refractivity contribution in [3.8, 4) is 17.5 Å². The van der Waals surface area contributed by atoms with E-state index in [1.807, 2.05) is 0 Å². The van der Waals surface area contributed by atoms with Crippen LogP contribution >= 0.6 is 0 Å². The number of nitrogens with zero attached hydrogens (tertiary/aromatic N) is 3. The lowest BCUT2D eigenvalue weighted by molar-refractivity contribution is 0.451. The first-order chi connectivity index (χ1) is 6.75. The summed E-state index contributed by atoms with van der Waals surface area (Å²) in [6, 6.07) is 2.62. The van der Waals surface area contributed by atoms with Gasteiger partial charge in [0.05, 0.1) is 6.07 Å². The van der Waals surface area contributed by atoms with Crippen molar-refractivity contribution >= 4 is 0 Å². The molecule has 0 unspecified atom stereocenters. The molecule has 0 aliphatic rings. The first-order valence-corrected chi connectivity index (χ1v) is 3.83.